The Morgan fingerprint density at radius 1 is 1.28 bits per heavy atom. The number of nitrogens with zero attached hydrogens (tertiary/aromatic N) is 2. The Morgan fingerprint density at radius 2 is 2.06 bits per heavy atom. The predicted octanol–water partition coefficient (Wildman–Crippen LogP) is 2.46. The van der Waals surface area contributed by atoms with Crippen molar-refractivity contribution in [3.8, 4) is 6.07 Å². The summed E-state index contributed by atoms with van der Waals surface area (Å²) in [5.41, 5.74) is 9.24. The van der Waals surface area contributed by atoms with Crippen LogP contribution < -0.4 is 11.1 Å². The fraction of sp³-hybridized carbons (Fsp3) is 0.143. The van der Waals surface area contributed by atoms with E-state index in [1.54, 1.807) is 12.1 Å². The Bertz CT molecular complexity index is 599. The fourth-order valence-electron chi connectivity index (χ4n) is 1.68. The smallest absolute Gasteiger partial charge is 0.142 e. The van der Waals surface area contributed by atoms with Crippen LogP contribution in [0.15, 0.2) is 36.4 Å². The number of nitrogens with two attached hydrogens (primary N) is 1. The van der Waals surface area contributed by atoms with Gasteiger partial charge in [-0.1, -0.05) is 18.2 Å². The molecule has 0 bridgehead atoms. The first-order valence-corrected chi connectivity index (χ1v) is 5.65. The molecule has 18 heavy (non-hydrogen) atoms. The third-order valence-electron chi connectivity index (χ3n) is 2.81. The molecular formula is C14H14N4. The van der Waals surface area contributed by atoms with Gasteiger partial charge in [0.2, 0.25) is 0 Å². The lowest BCUT2D eigenvalue weighted by Crippen LogP contribution is -2.04. The molecule has 0 fully saturated rings. The van der Waals surface area contributed by atoms with Gasteiger partial charge in [0.1, 0.15) is 17.6 Å². The number of aromatic nitrogens is 1. The SMILES string of the molecule is Cc1c(N)cccc1CNc1cccc(C#N)n1. The van der Waals surface area contributed by atoms with E-state index in [4.69, 9.17) is 11.0 Å². The Labute approximate surface area is 106 Å². The van der Waals surface area contributed by atoms with Crippen LogP contribution in [-0.4, -0.2) is 4.98 Å². The van der Waals surface area contributed by atoms with Crippen molar-refractivity contribution in [3.05, 3.63) is 53.2 Å². The number of hydrogen-bond donors (Lipinski definition) is 2. The van der Waals surface area contributed by atoms with E-state index in [-0.39, 0.29) is 0 Å². The second kappa shape index (κ2) is 5.19. The third-order valence-corrected chi connectivity index (χ3v) is 2.81. The lowest BCUT2D eigenvalue weighted by atomic mass is 10.1. The molecule has 1 heterocycles. The molecule has 0 aliphatic carbocycles. The van der Waals surface area contributed by atoms with Gasteiger partial charge in [-0.15, -0.1) is 0 Å². The molecule has 4 nitrogen and oxygen atoms in total. The summed E-state index contributed by atoms with van der Waals surface area (Å²) in [6, 6.07) is 13.2. The molecule has 0 atom stereocenters. The highest BCUT2D eigenvalue weighted by molar-refractivity contribution is 5.51. The van der Waals surface area contributed by atoms with Crippen LogP contribution in [0.1, 0.15) is 16.8 Å². The maximum absolute atomic E-state index is 8.77. The van der Waals surface area contributed by atoms with Crippen LogP contribution in [0.2, 0.25) is 0 Å². The second-order valence-electron chi connectivity index (χ2n) is 4.00. The maximum Gasteiger partial charge on any atom is 0.142 e. The van der Waals surface area contributed by atoms with Crippen LogP contribution in [0, 0.1) is 18.3 Å². The summed E-state index contributed by atoms with van der Waals surface area (Å²) in [7, 11) is 0. The van der Waals surface area contributed by atoms with E-state index in [0.29, 0.717) is 18.1 Å². The molecule has 0 radical (unpaired) electrons. The van der Waals surface area contributed by atoms with Crippen molar-refractivity contribution in [2.45, 2.75) is 13.5 Å². The van der Waals surface area contributed by atoms with E-state index in [2.05, 4.69) is 10.3 Å². The zero-order valence-electron chi connectivity index (χ0n) is 10.1. The molecule has 1 aromatic heterocycles. The molecule has 90 valence electrons. The normalized spacial score (nSPS) is 9.78. The van der Waals surface area contributed by atoms with Gasteiger partial charge in [0.25, 0.3) is 0 Å². The molecule has 0 saturated carbocycles. The first-order valence-electron chi connectivity index (χ1n) is 5.65. The van der Waals surface area contributed by atoms with Gasteiger partial charge in [-0.3, -0.25) is 0 Å². The first kappa shape index (κ1) is 11.9. The van der Waals surface area contributed by atoms with E-state index in [1.807, 2.05) is 37.3 Å². The second-order valence-corrected chi connectivity index (χ2v) is 4.00. The van der Waals surface area contributed by atoms with Gasteiger partial charge in [-0.25, -0.2) is 4.98 Å². The van der Waals surface area contributed by atoms with Gasteiger partial charge < -0.3 is 11.1 Å². The van der Waals surface area contributed by atoms with Gasteiger partial charge in [0.15, 0.2) is 0 Å². The van der Waals surface area contributed by atoms with Crippen molar-refractivity contribution in [3.63, 3.8) is 0 Å². The molecule has 4 heteroatoms. The van der Waals surface area contributed by atoms with E-state index < -0.39 is 0 Å². The maximum atomic E-state index is 8.77. The van der Waals surface area contributed by atoms with Crippen molar-refractivity contribution >= 4 is 11.5 Å². The highest BCUT2D eigenvalue weighted by Gasteiger charge is 2.02. The van der Waals surface area contributed by atoms with Crippen molar-refractivity contribution in [1.29, 1.82) is 5.26 Å². The Hall–Kier alpha value is -2.54. The largest absolute Gasteiger partial charge is 0.399 e. The summed E-state index contributed by atoms with van der Waals surface area (Å²) in [5, 5.41) is 12.0. The number of benzene rings is 1. The van der Waals surface area contributed by atoms with Gasteiger partial charge in [-0.05, 0) is 36.2 Å². The molecule has 2 rings (SSSR count). The van der Waals surface area contributed by atoms with Gasteiger partial charge >= 0.3 is 0 Å². The van der Waals surface area contributed by atoms with Crippen molar-refractivity contribution in [2.75, 3.05) is 11.1 Å². The molecule has 0 saturated heterocycles. The molecule has 3 N–H and O–H groups in total. The summed E-state index contributed by atoms with van der Waals surface area (Å²) in [6.07, 6.45) is 0. The zero-order valence-corrected chi connectivity index (χ0v) is 10.1. The Kier molecular flexibility index (Phi) is 3.44. The van der Waals surface area contributed by atoms with Gasteiger partial charge in [0.05, 0.1) is 0 Å². The topological polar surface area (TPSA) is 74.7 Å². The number of nitrogen functional groups attached to an aromatic ring is 1. The van der Waals surface area contributed by atoms with Gasteiger partial charge in [0, 0.05) is 12.2 Å². The number of nitriles is 1. The summed E-state index contributed by atoms with van der Waals surface area (Å²) in [6.45, 7) is 2.63. The highest BCUT2D eigenvalue weighted by Crippen LogP contribution is 2.16. The van der Waals surface area contributed by atoms with E-state index in [0.717, 1.165) is 16.8 Å². The summed E-state index contributed by atoms with van der Waals surface area (Å²) in [5.74, 6) is 0.691. The minimum Gasteiger partial charge on any atom is -0.399 e. The molecule has 0 spiro atoms. The average Bonchev–Trinajstić information content (AvgIpc) is 2.41. The summed E-state index contributed by atoms with van der Waals surface area (Å²) in [4.78, 5) is 4.15. The Morgan fingerprint density at radius 3 is 2.83 bits per heavy atom. The van der Waals surface area contributed by atoms with Crippen LogP contribution in [0.3, 0.4) is 0 Å². The molecule has 0 aliphatic rings. The minimum absolute atomic E-state index is 0.407. The molecule has 2 aromatic rings. The van der Waals surface area contributed by atoms with Crippen LogP contribution in [0.5, 0.6) is 0 Å². The average molecular weight is 238 g/mol. The van der Waals surface area contributed by atoms with Crippen molar-refractivity contribution in [1.82, 2.24) is 4.98 Å². The monoisotopic (exact) mass is 238 g/mol. The van der Waals surface area contributed by atoms with E-state index >= 15 is 0 Å². The number of nitrogens with one attached hydrogen (secondary N) is 1. The van der Waals surface area contributed by atoms with Crippen LogP contribution >= 0.6 is 0 Å². The first-order chi connectivity index (χ1) is 8.70. The van der Waals surface area contributed by atoms with Crippen LogP contribution in [-0.2, 0) is 6.54 Å². The quantitative estimate of drug-likeness (QED) is 0.805. The molecule has 1 aromatic carbocycles. The van der Waals surface area contributed by atoms with Crippen LogP contribution in [0.25, 0.3) is 0 Å². The Balaban J connectivity index is 2.12. The predicted molar refractivity (Wildman–Crippen MR) is 71.9 cm³/mol. The number of rotatable bonds is 3. The molecule has 0 unspecified atom stereocenters. The molecule has 0 amide bonds. The van der Waals surface area contributed by atoms with Gasteiger partial charge in [-0.2, -0.15) is 5.26 Å². The summed E-state index contributed by atoms with van der Waals surface area (Å²) >= 11 is 0. The highest BCUT2D eigenvalue weighted by atomic mass is 15.0. The zero-order chi connectivity index (χ0) is 13.0. The standard InChI is InChI=1S/C14H14N4/c1-10-11(4-2-6-13(10)16)9-17-14-7-3-5-12(8-15)18-14/h2-7H,9,16H2,1H3,(H,17,18). The molecule has 0 aliphatic heterocycles. The van der Waals surface area contributed by atoms with Crippen molar-refractivity contribution < 1.29 is 0 Å². The minimum atomic E-state index is 0.407. The number of hydrogen-bond acceptors (Lipinski definition) is 4. The third kappa shape index (κ3) is 2.58. The number of pyridine rings is 1. The fourth-order valence-corrected chi connectivity index (χ4v) is 1.68. The van der Waals surface area contributed by atoms with Crippen molar-refractivity contribution in [2.24, 2.45) is 0 Å². The lowest BCUT2D eigenvalue weighted by molar-refractivity contribution is 1.09. The van der Waals surface area contributed by atoms with Crippen LogP contribution in [0.4, 0.5) is 11.5 Å². The molecular weight excluding hydrogens is 224 g/mol. The lowest BCUT2D eigenvalue weighted by Gasteiger charge is -2.10. The number of anilines is 2. The summed E-state index contributed by atoms with van der Waals surface area (Å²) < 4.78 is 0. The van der Waals surface area contributed by atoms with E-state index in [1.165, 1.54) is 0 Å². The van der Waals surface area contributed by atoms with E-state index in [9.17, 15) is 0 Å².